The van der Waals surface area contributed by atoms with Gasteiger partial charge in [0.15, 0.2) is 0 Å². The monoisotopic (exact) mass is 308 g/mol. The first-order chi connectivity index (χ1) is 7.84. The van der Waals surface area contributed by atoms with E-state index in [2.05, 4.69) is 20.7 Å². The molecule has 6 heteroatoms. The van der Waals surface area contributed by atoms with E-state index in [0.717, 1.165) is 25.3 Å². The lowest BCUT2D eigenvalue weighted by Gasteiger charge is -2.10. The molecule has 0 N–H and O–H groups in total. The van der Waals surface area contributed by atoms with E-state index in [9.17, 15) is 18.0 Å². The summed E-state index contributed by atoms with van der Waals surface area (Å²) >= 11 is 2.97. The van der Waals surface area contributed by atoms with Crippen molar-refractivity contribution in [3.8, 4) is 0 Å². The molecule has 0 atom stereocenters. The van der Waals surface area contributed by atoms with Crippen LogP contribution >= 0.6 is 15.9 Å². The molecule has 0 aliphatic heterocycles. The van der Waals surface area contributed by atoms with Crippen molar-refractivity contribution in [3.05, 3.63) is 39.9 Å². The Morgan fingerprint density at radius 3 is 2.59 bits per heavy atom. The number of ether oxygens (including phenoxy) is 1. The minimum Gasteiger partial charge on any atom is -0.466 e. The highest BCUT2D eigenvalue weighted by molar-refractivity contribution is 9.10. The molecule has 0 aliphatic rings. The number of carbonyl (C=O) groups excluding carboxylic acids is 1. The molecule has 0 unspecified atom stereocenters. The third kappa shape index (κ3) is 3.89. The van der Waals surface area contributed by atoms with Crippen LogP contribution in [0.1, 0.15) is 11.1 Å². The number of alkyl halides is 3. The fraction of sp³-hybridized carbons (Fsp3) is 0.182. The van der Waals surface area contributed by atoms with Crippen LogP contribution in [0.2, 0.25) is 0 Å². The van der Waals surface area contributed by atoms with Gasteiger partial charge in [0.2, 0.25) is 0 Å². The van der Waals surface area contributed by atoms with Crippen molar-refractivity contribution < 1.29 is 22.7 Å². The summed E-state index contributed by atoms with van der Waals surface area (Å²) in [7, 11) is 1.15. The molecule has 2 nitrogen and oxygen atoms in total. The summed E-state index contributed by atoms with van der Waals surface area (Å²) in [5, 5.41) is 0. The Morgan fingerprint density at radius 1 is 1.41 bits per heavy atom. The Hall–Kier alpha value is -1.30. The second kappa shape index (κ2) is 5.35. The molecule has 0 aromatic heterocycles. The molecule has 0 aliphatic carbocycles. The van der Waals surface area contributed by atoms with Crippen molar-refractivity contribution in [2.45, 2.75) is 6.18 Å². The van der Waals surface area contributed by atoms with Crippen molar-refractivity contribution in [2.75, 3.05) is 7.11 Å². The number of methoxy groups -OCH3 is 1. The number of rotatable bonds is 2. The van der Waals surface area contributed by atoms with Crippen molar-refractivity contribution in [3.63, 3.8) is 0 Å². The Morgan fingerprint density at radius 2 is 2.06 bits per heavy atom. The molecule has 0 saturated carbocycles. The highest BCUT2D eigenvalue weighted by Gasteiger charge is 2.32. The lowest BCUT2D eigenvalue weighted by molar-refractivity contribution is -0.138. The summed E-state index contributed by atoms with van der Waals surface area (Å²) in [6.45, 7) is 0. The van der Waals surface area contributed by atoms with Crippen LogP contribution in [0.5, 0.6) is 0 Å². The molecule has 0 heterocycles. The van der Waals surface area contributed by atoms with Crippen LogP contribution in [0.15, 0.2) is 28.7 Å². The van der Waals surface area contributed by atoms with Gasteiger partial charge in [-0.2, -0.15) is 13.2 Å². The van der Waals surface area contributed by atoms with E-state index in [4.69, 9.17) is 0 Å². The number of benzene rings is 1. The summed E-state index contributed by atoms with van der Waals surface area (Å²) in [5.41, 5.74) is -0.905. The molecule has 92 valence electrons. The van der Waals surface area contributed by atoms with E-state index in [1.54, 1.807) is 0 Å². The Bertz CT molecular complexity index is 453. The van der Waals surface area contributed by atoms with Crippen LogP contribution in [0.4, 0.5) is 13.2 Å². The van der Waals surface area contributed by atoms with E-state index < -0.39 is 17.7 Å². The minimum absolute atomic E-state index is 0.0916. The van der Waals surface area contributed by atoms with Crippen molar-refractivity contribution in [2.24, 2.45) is 0 Å². The summed E-state index contributed by atoms with van der Waals surface area (Å²) < 4.78 is 42.6. The molecule has 1 rings (SSSR count). The molecule has 1 aromatic carbocycles. The van der Waals surface area contributed by atoms with Gasteiger partial charge in [0.1, 0.15) is 0 Å². The molecule has 0 fully saturated rings. The fourth-order valence-electron chi connectivity index (χ4n) is 1.15. The topological polar surface area (TPSA) is 26.3 Å². The first kappa shape index (κ1) is 13.8. The average molecular weight is 309 g/mol. The van der Waals surface area contributed by atoms with Crippen LogP contribution < -0.4 is 0 Å². The first-order valence-electron chi connectivity index (χ1n) is 4.47. The summed E-state index contributed by atoms with van der Waals surface area (Å²) in [5.74, 6) is -0.707. The van der Waals surface area contributed by atoms with E-state index in [0.29, 0.717) is 4.47 Å². The zero-order valence-corrected chi connectivity index (χ0v) is 10.3. The van der Waals surface area contributed by atoms with Crippen molar-refractivity contribution >= 4 is 28.0 Å². The number of hydrogen-bond acceptors (Lipinski definition) is 2. The Labute approximate surface area is 104 Å². The van der Waals surface area contributed by atoms with Gasteiger partial charge in [0.25, 0.3) is 0 Å². The predicted octanol–water partition coefficient (Wildman–Crippen LogP) is 3.65. The predicted molar refractivity (Wildman–Crippen MR) is 60.2 cm³/mol. The summed E-state index contributed by atoms with van der Waals surface area (Å²) in [6.07, 6.45) is -2.46. The van der Waals surface area contributed by atoms with E-state index in [1.807, 2.05) is 0 Å². The highest BCUT2D eigenvalue weighted by Crippen LogP contribution is 2.34. The van der Waals surface area contributed by atoms with Gasteiger partial charge in [0.05, 0.1) is 12.7 Å². The van der Waals surface area contributed by atoms with Gasteiger partial charge < -0.3 is 4.74 Å². The van der Waals surface area contributed by atoms with E-state index in [-0.39, 0.29) is 5.56 Å². The molecule has 0 spiro atoms. The lowest BCUT2D eigenvalue weighted by Crippen LogP contribution is -2.07. The average Bonchev–Trinajstić information content (AvgIpc) is 2.25. The van der Waals surface area contributed by atoms with Gasteiger partial charge in [0, 0.05) is 10.5 Å². The standard InChI is InChI=1S/C11H8BrF3O2/c1-17-10(16)5-3-7-2-4-8(12)6-9(7)11(13,14)15/h2-6H,1H3/b5-3+. The van der Waals surface area contributed by atoms with Gasteiger partial charge in [-0.25, -0.2) is 4.79 Å². The van der Waals surface area contributed by atoms with Crippen LogP contribution in [0, 0.1) is 0 Å². The molecule has 0 amide bonds. The molecule has 0 radical (unpaired) electrons. The number of halogens is 4. The Balaban J connectivity index is 3.16. The molecule has 0 saturated heterocycles. The molecule has 17 heavy (non-hydrogen) atoms. The number of hydrogen-bond donors (Lipinski definition) is 0. The third-order valence-corrected chi connectivity index (χ3v) is 2.41. The SMILES string of the molecule is COC(=O)/C=C/c1ccc(Br)cc1C(F)(F)F. The van der Waals surface area contributed by atoms with E-state index >= 15 is 0 Å². The summed E-state index contributed by atoms with van der Waals surface area (Å²) in [4.78, 5) is 10.8. The van der Waals surface area contributed by atoms with Crippen molar-refractivity contribution in [1.82, 2.24) is 0 Å². The maximum atomic E-state index is 12.7. The van der Waals surface area contributed by atoms with Crippen LogP contribution in [0.3, 0.4) is 0 Å². The van der Waals surface area contributed by atoms with Crippen LogP contribution in [-0.2, 0) is 15.7 Å². The second-order valence-electron chi connectivity index (χ2n) is 3.09. The maximum Gasteiger partial charge on any atom is 0.417 e. The highest BCUT2D eigenvalue weighted by atomic mass is 79.9. The van der Waals surface area contributed by atoms with Gasteiger partial charge in [-0.05, 0) is 23.8 Å². The van der Waals surface area contributed by atoms with Gasteiger partial charge >= 0.3 is 12.1 Å². The molecular formula is C11H8BrF3O2. The second-order valence-corrected chi connectivity index (χ2v) is 4.00. The first-order valence-corrected chi connectivity index (χ1v) is 5.26. The third-order valence-electron chi connectivity index (χ3n) is 1.92. The van der Waals surface area contributed by atoms with Gasteiger partial charge in [-0.3, -0.25) is 0 Å². The number of esters is 1. The smallest absolute Gasteiger partial charge is 0.417 e. The number of carbonyl (C=O) groups is 1. The Kier molecular flexibility index (Phi) is 4.34. The molecule has 1 aromatic rings. The largest absolute Gasteiger partial charge is 0.466 e. The van der Waals surface area contributed by atoms with Crippen LogP contribution in [0.25, 0.3) is 6.08 Å². The van der Waals surface area contributed by atoms with Crippen LogP contribution in [-0.4, -0.2) is 13.1 Å². The normalized spacial score (nSPS) is 11.8. The lowest BCUT2D eigenvalue weighted by atomic mass is 10.1. The zero-order chi connectivity index (χ0) is 13.1. The minimum atomic E-state index is -4.47. The van der Waals surface area contributed by atoms with Crippen molar-refractivity contribution in [1.29, 1.82) is 0 Å². The maximum absolute atomic E-state index is 12.7. The fourth-order valence-corrected chi connectivity index (χ4v) is 1.51. The van der Waals surface area contributed by atoms with E-state index in [1.165, 1.54) is 12.1 Å². The zero-order valence-electron chi connectivity index (χ0n) is 8.72. The molecular weight excluding hydrogens is 301 g/mol. The van der Waals surface area contributed by atoms with Gasteiger partial charge in [-0.15, -0.1) is 0 Å². The molecule has 0 bridgehead atoms. The quantitative estimate of drug-likeness (QED) is 0.616. The van der Waals surface area contributed by atoms with Gasteiger partial charge in [-0.1, -0.05) is 22.0 Å². The summed E-state index contributed by atoms with van der Waals surface area (Å²) in [6, 6.07) is 3.69.